The SMILES string of the molecule is COC(=O)c1ccccc1NC(=O)COC(=O)c1ccc(Br)cc1F. The molecule has 0 spiro atoms. The Kier molecular flexibility index (Phi) is 6.24. The van der Waals surface area contributed by atoms with Gasteiger partial charge < -0.3 is 14.8 Å². The van der Waals surface area contributed by atoms with E-state index in [1.165, 1.54) is 31.4 Å². The number of rotatable bonds is 5. The lowest BCUT2D eigenvalue weighted by Crippen LogP contribution is -2.22. The summed E-state index contributed by atoms with van der Waals surface area (Å²) in [5.41, 5.74) is 0.0832. The zero-order valence-electron chi connectivity index (χ0n) is 13.0. The van der Waals surface area contributed by atoms with Crippen LogP contribution in [0.15, 0.2) is 46.9 Å². The first kappa shape index (κ1) is 18.6. The van der Waals surface area contributed by atoms with Crippen LogP contribution in [-0.2, 0) is 14.3 Å². The molecule has 0 aromatic heterocycles. The summed E-state index contributed by atoms with van der Waals surface area (Å²) in [6.45, 7) is -0.635. The van der Waals surface area contributed by atoms with E-state index in [1.54, 1.807) is 12.1 Å². The molecule has 2 aromatic rings. The van der Waals surface area contributed by atoms with E-state index in [2.05, 4.69) is 26.0 Å². The fraction of sp³-hybridized carbons (Fsp3) is 0.118. The lowest BCUT2D eigenvalue weighted by molar-refractivity contribution is -0.119. The number of para-hydroxylation sites is 1. The Morgan fingerprint density at radius 3 is 2.48 bits per heavy atom. The summed E-state index contributed by atoms with van der Waals surface area (Å²) in [5, 5.41) is 2.44. The van der Waals surface area contributed by atoms with Gasteiger partial charge in [-0.25, -0.2) is 14.0 Å². The van der Waals surface area contributed by atoms with Gasteiger partial charge in [0.2, 0.25) is 0 Å². The van der Waals surface area contributed by atoms with E-state index in [0.29, 0.717) is 4.47 Å². The monoisotopic (exact) mass is 409 g/mol. The number of nitrogens with one attached hydrogen (secondary N) is 1. The molecule has 0 saturated carbocycles. The molecule has 1 amide bonds. The Morgan fingerprint density at radius 1 is 1.08 bits per heavy atom. The molecule has 6 nitrogen and oxygen atoms in total. The van der Waals surface area contributed by atoms with Gasteiger partial charge in [-0.15, -0.1) is 0 Å². The van der Waals surface area contributed by atoms with Crippen LogP contribution in [0.4, 0.5) is 10.1 Å². The minimum absolute atomic E-state index is 0.156. The summed E-state index contributed by atoms with van der Waals surface area (Å²) in [4.78, 5) is 35.4. The number of esters is 2. The van der Waals surface area contributed by atoms with Crippen LogP contribution in [0.5, 0.6) is 0 Å². The Labute approximate surface area is 151 Å². The number of methoxy groups -OCH3 is 1. The fourth-order valence-electron chi connectivity index (χ4n) is 1.93. The Morgan fingerprint density at radius 2 is 1.80 bits per heavy atom. The van der Waals surface area contributed by atoms with Crippen molar-refractivity contribution in [3.05, 3.63) is 63.9 Å². The Bertz CT molecular complexity index is 824. The van der Waals surface area contributed by atoms with Crippen molar-refractivity contribution >= 4 is 39.5 Å². The summed E-state index contributed by atoms with van der Waals surface area (Å²) in [6.07, 6.45) is 0. The minimum Gasteiger partial charge on any atom is -0.465 e. The van der Waals surface area contributed by atoms with Crippen LogP contribution in [0.1, 0.15) is 20.7 Å². The van der Waals surface area contributed by atoms with E-state index >= 15 is 0 Å². The molecule has 1 N–H and O–H groups in total. The number of anilines is 1. The maximum Gasteiger partial charge on any atom is 0.341 e. The van der Waals surface area contributed by atoms with E-state index in [0.717, 1.165) is 6.07 Å². The van der Waals surface area contributed by atoms with E-state index in [-0.39, 0.29) is 16.8 Å². The molecule has 0 unspecified atom stereocenters. The average molecular weight is 410 g/mol. The van der Waals surface area contributed by atoms with E-state index < -0.39 is 30.3 Å². The van der Waals surface area contributed by atoms with Crippen molar-refractivity contribution in [3.63, 3.8) is 0 Å². The number of benzene rings is 2. The average Bonchev–Trinajstić information content (AvgIpc) is 2.59. The highest BCUT2D eigenvalue weighted by molar-refractivity contribution is 9.10. The second-order valence-electron chi connectivity index (χ2n) is 4.79. The number of carbonyl (C=O) groups excluding carboxylic acids is 3. The maximum absolute atomic E-state index is 13.7. The van der Waals surface area contributed by atoms with Gasteiger partial charge in [0.1, 0.15) is 5.82 Å². The second kappa shape index (κ2) is 8.39. The number of ether oxygens (including phenoxy) is 2. The molecule has 2 aromatic carbocycles. The maximum atomic E-state index is 13.7. The Hall–Kier alpha value is -2.74. The first-order valence-electron chi connectivity index (χ1n) is 7.01. The van der Waals surface area contributed by atoms with Crippen LogP contribution in [0.2, 0.25) is 0 Å². The molecular weight excluding hydrogens is 397 g/mol. The summed E-state index contributed by atoms with van der Waals surface area (Å²) in [6, 6.07) is 10.0. The van der Waals surface area contributed by atoms with Crippen LogP contribution in [-0.4, -0.2) is 31.6 Å². The van der Waals surface area contributed by atoms with Crippen molar-refractivity contribution in [2.45, 2.75) is 0 Å². The molecule has 130 valence electrons. The number of halogens is 2. The fourth-order valence-corrected chi connectivity index (χ4v) is 2.26. The molecule has 0 heterocycles. The lowest BCUT2D eigenvalue weighted by atomic mass is 10.2. The largest absolute Gasteiger partial charge is 0.465 e. The summed E-state index contributed by atoms with van der Waals surface area (Å²) < 4.78 is 23.5. The van der Waals surface area contributed by atoms with E-state index in [1.807, 2.05) is 0 Å². The van der Waals surface area contributed by atoms with Crippen LogP contribution in [0, 0.1) is 5.82 Å². The van der Waals surface area contributed by atoms with Gasteiger partial charge in [-0.3, -0.25) is 4.79 Å². The molecule has 0 radical (unpaired) electrons. The van der Waals surface area contributed by atoms with Gasteiger partial charge in [-0.05, 0) is 30.3 Å². The summed E-state index contributed by atoms with van der Waals surface area (Å²) >= 11 is 3.07. The van der Waals surface area contributed by atoms with Gasteiger partial charge in [0, 0.05) is 4.47 Å². The van der Waals surface area contributed by atoms with Crippen LogP contribution in [0.3, 0.4) is 0 Å². The van der Waals surface area contributed by atoms with Crippen LogP contribution in [0.25, 0.3) is 0 Å². The quantitative estimate of drug-likeness (QED) is 0.766. The number of hydrogen-bond donors (Lipinski definition) is 1. The highest BCUT2D eigenvalue weighted by Gasteiger charge is 2.17. The molecule has 0 aliphatic heterocycles. The van der Waals surface area contributed by atoms with Crippen molar-refractivity contribution in [2.75, 3.05) is 19.0 Å². The lowest BCUT2D eigenvalue weighted by Gasteiger charge is -2.10. The predicted octanol–water partition coefficient (Wildman–Crippen LogP) is 3.17. The predicted molar refractivity (Wildman–Crippen MR) is 90.8 cm³/mol. The smallest absolute Gasteiger partial charge is 0.341 e. The molecular formula is C17H13BrFNO5. The van der Waals surface area contributed by atoms with Gasteiger partial charge in [-0.2, -0.15) is 0 Å². The first-order valence-corrected chi connectivity index (χ1v) is 7.81. The second-order valence-corrected chi connectivity index (χ2v) is 5.70. The third-order valence-electron chi connectivity index (χ3n) is 3.09. The molecule has 8 heteroatoms. The van der Waals surface area contributed by atoms with Crippen molar-refractivity contribution in [1.82, 2.24) is 0 Å². The third-order valence-corrected chi connectivity index (χ3v) is 3.59. The summed E-state index contributed by atoms with van der Waals surface area (Å²) in [5.74, 6) is -3.04. The van der Waals surface area contributed by atoms with Gasteiger partial charge in [0.15, 0.2) is 6.61 Å². The topological polar surface area (TPSA) is 81.7 Å². The minimum atomic E-state index is -0.971. The van der Waals surface area contributed by atoms with Crippen molar-refractivity contribution in [2.24, 2.45) is 0 Å². The molecule has 0 saturated heterocycles. The number of carbonyl (C=O) groups is 3. The highest BCUT2D eigenvalue weighted by Crippen LogP contribution is 2.17. The molecule has 0 aliphatic rings. The number of hydrogen-bond acceptors (Lipinski definition) is 5. The highest BCUT2D eigenvalue weighted by atomic mass is 79.9. The molecule has 2 rings (SSSR count). The van der Waals surface area contributed by atoms with E-state index in [9.17, 15) is 18.8 Å². The molecule has 0 atom stereocenters. The van der Waals surface area contributed by atoms with E-state index in [4.69, 9.17) is 4.74 Å². The van der Waals surface area contributed by atoms with Gasteiger partial charge in [-0.1, -0.05) is 28.1 Å². The van der Waals surface area contributed by atoms with Gasteiger partial charge >= 0.3 is 11.9 Å². The summed E-state index contributed by atoms with van der Waals surface area (Å²) in [7, 11) is 1.22. The van der Waals surface area contributed by atoms with Crippen molar-refractivity contribution in [1.29, 1.82) is 0 Å². The molecule has 0 aliphatic carbocycles. The van der Waals surface area contributed by atoms with Crippen molar-refractivity contribution < 1.29 is 28.2 Å². The molecule has 25 heavy (non-hydrogen) atoms. The number of amides is 1. The van der Waals surface area contributed by atoms with Gasteiger partial charge in [0.25, 0.3) is 5.91 Å². The standard InChI is InChI=1S/C17H13BrFNO5/c1-24-16(22)12-4-2-3-5-14(12)20-15(21)9-25-17(23)11-7-6-10(18)8-13(11)19/h2-8H,9H2,1H3,(H,20,21). The zero-order chi connectivity index (χ0) is 18.4. The van der Waals surface area contributed by atoms with Crippen molar-refractivity contribution in [3.8, 4) is 0 Å². The zero-order valence-corrected chi connectivity index (χ0v) is 14.6. The third kappa shape index (κ3) is 4.87. The van der Waals surface area contributed by atoms with Crippen LogP contribution >= 0.6 is 15.9 Å². The normalized spacial score (nSPS) is 10.0. The van der Waals surface area contributed by atoms with Gasteiger partial charge in [0.05, 0.1) is 23.9 Å². The van der Waals surface area contributed by atoms with Crippen LogP contribution < -0.4 is 5.32 Å². The first-order chi connectivity index (χ1) is 11.9. The molecule has 0 fully saturated rings. The molecule has 0 bridgehead atoms. The Balaban J connectivity index is 1.99.